The lowest BCUT2D eigenvalue weighted by atomic mass is 10.4. The fraction of sp³-hybridized carbons (Fsp3) is 0.333. The van der Waals surface area contributed by atoms with Gasteiger partial charge in [0.25, 0.3) is 10.0 Å². The third-order valence-electron chi connectivity index (χ3n) is 3.96. The van der Waals surface area contributed by atoms with Crippen molar-refractivity contribution in [1.29, 1.82) is 0 Å². The smallest absolute Gasteiger partial charge is 0.207 e. The molecule has 0 bridgehead atoms. The van der Waals surface area contributed by atoms with Crippen molar-refractivity contribution in [3.63, 3.8) is 0 Å². The molecule has 2 heterocycles. The molecule has 1 saturated heterocycles. The van der Waals surface area contributed by atoms with Gasteiger partial charge in [0.05, 0.1) is 4.90 Å². The van der Waals surface area contributed by atoms with Crippen LogP contribution in [0, 0.1) is 12.7 Å². The summed E-state index contributed by atoms with van der Waals surface area (Å²) in [6.07, 6.45) is 0. The maximum atomic E-state index is 13.0. The lowest BCUT2D eigenvalue weighted by Crippen LogP contribution is -2.50. The molecular weight excluding hydrogens is 387 g/mol. The zero-order valence-corrected chi connectivity index (χ0v) is 15.9. The number of sulfonamides is 2. The fourth-order valence-corrected chi connectivity index (χ4v) is 6.87. The summed E-state index contributed by atoms with van der Waals surface area (Å²) in [5, 5.41) is 0. The molecule has 0 radical (unpaired) electrons. The molecule has 10 heteroatoms. The van der Waals surface area contributed by atoms with Gasteiger partial charge in [0, 0.05) is 31.1 Å². The molecule has 1 aliphatic rings. The van der Waals surface area contributed by atoms with E-state index in [-0.39, 0.29) is 35.3 Å². The number of benzene rings is 1. The van der Waals surface area contributed by atoms with Gasteiger partial charge in [-0.05, 0) is 43.3 Å². The monoisotopic (exact) mass is 404 g/mol. The Morgan fingerprint density at radius 2 is 1.36 bits per heavy atom. The normalized spacial score (nSPS) is 17.7. The number of aryl methyl sites for hydroxylation is 1. The van der Waals surface area contributed by atoms with E-state index in [1.165, 1.54) is 32.1 Å². The molecule has 0 atom stereocenters. The standard InChI is InChI=1S/C15H17FN2O4S3/c1-12-2-7-15(23-12)25(21,22)18-10-8-17(9-11-18)24(19,20)14-5-3-13(16)4-6-14/h2-7H,8-11H2,1H3. The van der Waals surface area contributed by atoms with E-state index in [0.29, 0.717) is 0 Å². The third-order valence-corrected chi connectivity index (χ3v) is 9.24. The van der Waals surface area contributed by atoms with E-state index in [2.05, 4.69) is 0 Å². The number of hydrogen-bond acceptors (Lipinski definition) is 5. The van der Waals surface area contributed by atoms with Crippen LogP contribution in [0.2, 0.25) is 0 Å². The van der Waals surface area contributed by atoms with E-state index in [9.17, 15) is 21.2 Å². The summed E-state index contributed by atoms with van der Waals surface area (Å²) < 4.78 is 66.1. The highest BCUT2D eigenvalue weighted by molar-refractivity contribution is 7.91. The second kappa shape index (κ2) is 6.76. The summed E-state index contributed by atoms with van der Waals surface area (Å²) in [5.74, 6) is -0.513. The molecule has 25 heavy (non-hydrogen) atoms. The summed E-state index contributed by atoms with van der Waals surface area (Å²) >= 11 is 1.20. The molecule has 2 aromatic rings. The molecule has 1 aromatic carbocycles. The molecule has 0 N–H and O–H groups in total. The second-order valence-corrected chi connectivity index (χ2v) is 11.0. The number of thiophene rings is 1. The molecular formula is C15H17FN2O4S3. The Balaban J connectivity index is 1.74. The predicted octanol–water partition coefficient (Wildman–Crippen LogP) is 1.89. The fourth-order valence-electron chi connectivity index (χ4n) is 2.58. The number of piperazine rings is 1. The Hall–Kier alpha value is -1.33. The molecule has 0 aliphatic carbocycles. The predicted molar refractivity (Wildman–Crippen MR) is 93.0 cm³/mol. The average Bonchev–Trinajstić information content (AvgIpc) is 3.03. The Labute approximate surface area is 150 Å². The van der Waals surface area contributed by atoms with Crippen molar-refractivity contribution in [2.24, 2.45) is 0 Å². The van der Waals surface area contributed by atoms with Gasteiger partial charge in [-0.3, -0.25) is 0 Å². The molecule has 3 rings (SSSR count). The molecule has 136 valence electrons. The lowest BCUT2D eigenvalue weighted by molar-refractivity contribution is 0.273. The molecule has 1 fully saturated rings. The molecule has 0 amide bonds. The van der Waals surface area contributed by atoms with Gasteiger partial charge in [-0.1, -0.05) is 0 Å². The van der Waals surface area contributed by atoms with Crippen LogP contribution >= 0.6 is 11.3 Å². The van der Waals surface area contributed by atoms with Gasteiger partial charge in [-0.25, -0.2) is 21.2 Å². The van der Waals surface area contributed by atoms with Crippen LogP contribution in [0.1, 0.15) is 4.88 Å². The van der Waals surface area contributed by atoms with Crippen molar-refractivity contribution < 1.29 is 21.2 Å². The average molecular weight is 405 g/mol. The van der Waals surface area contributed by atoms with Crippen molar-refractivity contribution >= 4 is 31.4 Å². The first-order valence-electron chi connectivity index (χ1n) is 7.53. The lowest BCUT2D eigenvalue weighted by Gasteiger charge is -2.32. The quantitative estimate of drug-likeness (QED) is 0.780. The summed E-state index contributed by atoms with van der Waals surface area (Å²) in [4.78, 5) is 0.898. The van der Waals surface area contributed by atoms with E-state index < -0.39 is 25.9 Å². The van der Waals surface area contributed by atoms with Crippen LogP contribution < -0.4 is 0 Å². The van der Waals surface area contributed by atoms with Gasteiger partial charge in [0.2, 0.25) is 10.0 Å². The van der Waals surface area contributed by atoms with Crippen molar-refractivity contribution in [2.45, 2.75) is 16.0 Å². The summed E-state index contributed by atoms with van der Waals surface area (Å²) in [7, 11) is -7.36. The van der Waals surface area contributed by atoms with Gasteiger partial charge in [0.1, 0.15) is 10.0 Å². The maximum Gasteiger partial charge on any atom is 0.252 e. The number of rotatable bonds is 4. The molecule has 6 nitrogen and oxygen atoms in total. The first-order valence-corrected chi connectivity index (χ1v) is 11.2. The largest absolute Gasteiger partial charge is 0.252 e. The highest BCUT2D eigenvalue weighted by Gasteiger charge is 2.34. The molecule has 0 saturated carbocycles. The number of nitrogens with zero attached hydrogens (tertiary/aromatic N) is 2. The summed E-state index contributed by atoms with van der Waals surface area (Å²) in [5.41, 5.74) is 0. The van der Waals surface area contributed by atoms with E-state index in [1.807, 2.05) is 6.92 Å². The van der Waals surface area contributed by atoms with Crippen molar-refractivity contribution in [3.8, 4) is 0 Å². The molecule has 1 aromatic heterocycles. The van der Waals surface area contributed by atoms with Crippen LogP contribution in [0.25, 0.3) is 0 Å². The van der Waals surface area contributed by atoms with Gasteiger partial charge in [-0.2, -0.15) is 8.61 Å². The number of halogens is 1. The summed E-state index contributed by atoms with van der Waals surface area (Å²) in [6.45, 7) is 2.11. The molecule has 1 aliphatic heterocycles. The van der Waals surface area contributed by atoms with Crippen molar-refractivity contribution in [3.05, 3.63) is 47.1 Å². The van der Waals surface area contributed by atoms with Crippen LogP contribution in [-0.4, -0.2) is 51.6 Å². The molecule has 0 unspecified atom stereocenters. The minimum absolute atomic E-state index is 0.000844. The Morgan fingerprint density at radius 3 is 1.84 bits per heavy atom. The van der Waals surface area contributed by atoms with Crippen LogP contribution in [0.5, 0.6) is 0 Å². The second-order valence-electron chi connectivity index (χ2n) is 5.63. The number of hydrogen-bond donors (Lipinski definition) is 0. The first-order chi connectivity index (χ1) is 11.7. The first kappa shape index (κ1) is 18.5. The zero-order valence-electron chi connectivity index (χ0n) is 13.4. The molecule has 0 spiro atoms. The van der Waals surface area contributed by atoms with Gasteiger partial charge in [0.15, 0.2) is 0 Å². The Morgan fingerprint density at radius 1 is 0.840 bits per heavy atom. The minimum atomic E-state index is -3.76. The SMILES string of the molecule is Cc1ccc(S(=O)(=O)N2CCN(S(=O)(=O)c3ccc(F)cc3)CC2)s1. The van der Waals surface area contributed by atoms with Gasteiger partial charge in [-0.15, -0.1) is 11.3 Å². The van der Waals surface area contributed by atoms with Crippen molar-refractivity contribution in [2.75, 3.05) is 26.2 Å². The summed E-state index contributed by atoms with van der Waals surface area (Å²) in [6, 6.07) is 7.91. The topological polar surface area (TPSA) is 74.8 Å². The zero-order chi connectivity index (χ0) is 18.2. The van der Waals surface area contributed by atoms with Gasteiger partial charge < -0.3 is 0 Å². The van der Waals surface area contributed by atoms with E-state index in [4.69, 9.17) is 0 Å². The van der Waals surface area contributed by atoms with Crippen molar-refractivity contribution in [1.82, 2.24) is 8.61 Å². The van der Waals surface area contributed by atoms with Crippen LogP contribution in [0.4, 0.5) is 4.39 Å². The van der Waals surface area contributed by atoms with Crippen LogP contribution in [-0.2, 0) is 20.0 Å². The Bertz CT molecular complexity index is 960. The third kappa shape index (κ3) is 3.63. The van der Waals surface area contributed by atoms with Gasteiger partial charge >= 0.3 is 0 Å². The van der Waals surface area contributed by atoms with Crippen LogP contribution in [0.15, 0.2) is 45.5 Å². The highest BCUT2D eigenvalue weighted by atomic mass is 32.2. The minimum Gasteiger partial charge on any atom is -0.207 e. The van der Waals surface area contributed by atoms with Crippen LogP contribution in [0.3, 0.4) is 0 Å². The maximum absolute atomic E-state index is 13.0. The Kier molecular flexibility index (Phi) is 5.00. The van der Waals surface area contributed by atoms with E-state index >= 15 is 0 Å². The highest BCUT2D eigenvalue weighted by Crippen LogP contribution is 2.26. The van der Waals surface area contributed by atoms with E-state index in [0.717, 1.165) is 17.0 Å². The van der Waals surface area contributed by atoms with E-state index in [1.54, 1.807) is 12.1 Å².